The third kappa shape index (κ3) is 3.21. The monoisotopic (exact) mass is 323 g/mol. The van der Waals surface area contributed by atoms with Crippen molar-refractivity contribution in [1.82, 2.24) is 34.0 Å². The molecule has 124 valence electrons. The molecule has 7 nitrogen and oxygen atoms in total. The molecule has 3 aromatic rings. The lowest BCUT2D eigenvalue weighted by atomic mass is 9.95. The summed E-state index contributed by atoms with van der Waals surface area (Å²) in [5.41, 5.74) is 2.18. The van der Waals surface area contributed by atoms with Gasteiger partial charge in [0.15, 0.2) is 5.82 Å². The fourth-order valence-electron chi connectivity index (χ4n) is 3.30. The first-order valence-corrected chi connectivity index (χ1v) is 8.27. The number of likely N-dealkylation sites (tertiary alicyclic amines) is 1. The molecule has 0 N–H and O–H groups in total. The summed E-state index contributed by atoms with van der Waals surface area (Å²) in [6.07, 6.45) is 15.3. The van der Waals surface area contributed by atoms with E-state index >= 15 is 0 Å². The molecule has 24 heavy (non-hydrogen) atoms. The van der Waals surface area contributed by atoms with Crippen molar-refractivity contribution in [3.63, 3.8) is 0 Å². The first-order chi connectivity index (χ1) is 11.8. The van der Waals surface area contributed by atoms with Gasteiger partial charge in [-0.3, -0.25) is 14.5 Å². The van der Waals surface area contributed by atoms with Gasteiger partial charge in [0.2, 0.25) is 0 Å². The van der Waals surface area contributed by atoms with Crippen molar-refractivity contribution in [2.24, 2.45) is 7.05 Å². The average Bonchev–Trinajstić information content (AvgIpc) is 3.27. The summed E-state index contributed by atoms with van der Waals surface area (Å²) in [6.45, 7) is 3.01. The first-order valence-electron chi connectivity index (χ1n) is 8.27. The molecule has 1 saturated heterocycles. The smallest absolute Gasteiger partial charge is 0.156 e. The highest BCUT2D eigenvalue weighted by Gasteiger charge is 2.23. The van der Waals surface area contributed by atoms with Crippen LogP contribution in [-0.4, -0.2) is 47.1 Å². The molecule has 0 bridgehead atoms. The van der Waals surface area contributed by atoms with E-state index in [1.54, 1.807) is 18.7 Å². The zero-order chi connectivity index (χ0) is 16.4. The molecular weight excluding hydrogens is 302 g/mol. The zero-order valence-corrected chi connectivity index (χ0v) is 13.8. The van der Waals surface area contributed by atoms with Crippen LogP contribution in [0.5, 0.6) is 0 Å². The molecule has 1 unspecified atom stereocenters. The number of aromatic nitrogens is 6. The van der Waals surface area contributed by atoms with Crippen molar-refractivity contribution < 1.29 is 0 Å². The van der Waals surface area contributed by atoms with Crippen LogP contribution in [0.4, 0.5) is 0 Å². The van der Waals surface area contributed by atoms with Crippen LogP contribution in [0.15, 0.2) is 43.6 Å². The van der Waals surface area contributed by atoms with Crippen LogP contribution in [0.1, 0.15) is 30.1 Å². The highest BCUT2D eigenvalue weighted by atomic mass is 15.2. The van der Waals surface area contributed by atoms with Crippen molar-refractivity contribution in [2.45, 2.75) is 25.3 Å². The number of aryl methyl sites for hydroxylation is 1. The lowest BCUT2D eigenvalue weighted by Crippen LogP contribution is -2.34. The molecule has 4 heterocycles. The predicted molar refractivity (Wildman–Crippen MR) is 89.6 cm³/mol. The molecule has 1 aliphatic rings. The lowest BCUT2D eigenvalue weighted by Gasteiger charge is -2.31. The highest BCUT2D eigenvalue weighted by Crippen LogP contribution is 2.26. The molecule has 1 fully saturated rings. The summed E-state index contributed by atoms with van der Waals surface area (Å²) in [7, 11) is 2.01. The van der Waals surface area contributed by atoms with Gasteiger partial charge in [-0.2, -0.15) is 0 Å². The van der Waals surface area contributed by atoms with Gasteiger partial charge in [-0.1, -0.05) is 0 Å². The molecule has 0 radical (unpaired) electrons. The van der Waals surface area contributed by atoms with E-state index in [2.05, 4.69) is 26.0 Å². The van der Waals surface area contributed by atoms with E-state index < -0.39 is 0 Å². The quantitative estimate of drug-likeness (QED) is 0.732. The maximum absolute atomic E-state index is 4.80. The van der Waals surface area contributed by atoms with Crippen molar-refractivity contribution in [1.29, 1.82) is 0 Å². The Bertz CT molecular complexity index is 793. The lowest BCUT2D eigenvalue weighted by molar-refractivity contribution is 0.196. The van der Waals surface area contributed by atoms with E-state index in [1.807, 2.05) is 34.9 Å². The Morgan fingerprint density at radius 3 is 2.96 bits per heavy atom. The summed E-state index contributed by atoms with van der Waals surface area (Å²) >= 11 is 0. The Morgan fingerprint density at radius 2 is 2.17 bits per heavy atom. The average molecular weight is 323 g/mol. The molecule has 3 aromatic heterocycles. The van der Waals surface area contributed by atoms with E-state index in [0.717, 1.165) is 43.3 Å². The third-order valence-electron chi connectivity index (χ3n) is 4.48. The maximum Gasteiger partial charge on any atom is 0.156 e. The molecule has 4 rings (SSSR count). The third-order valence-corrected chi connectivity index (χ3v) is 4.48. The summed E-state index contributed by atoms with van der Waals surface area (Å²) in [5.74, 6) is 1.24. The number of piperidine rings is 1. The van der Waals surface area contributed by atoms with Gasteiger partial charge in [0, 0.05) is 50.8 Å². The van der Waals surface area contributed by atoms with Gasteiger partial charge in [-0.15, -0.1) is 0 Å². The van der Waals surface area contributed by atoms with Crippen molar-refractivity contribution in [2.75, 3.05) is 13.1 Å². The maximum atomic E-state index is 4.80. The Labute approximate surface area is 141 Å². The molecule has 0 aromatic carbocycles. The fraction of sp³-hybridized carbons (Fsp3) is 0.412. The van der Waals surface area contributed by atoms with E-state index in [1.165, 1.54) is 6.42 Å². The molecule has 0 spiro atoms. The Morgan fingerprint density at radius 1 is 1.21 bits per heavy atom. The van der Waals surface area contributed by atoms with Crippen LogP contribution in [0, 0.1) is 0 Å². The molecule has 0 saturated carbocycles. The predicted octanol–water partition coefficient (Wildman–Crippen LogP) is 1.78. The number of hydrogen-bond donors (Lipinski definition) is 0. The topological polar surface area (TPSA) is 64.7 Å². The normalized spacial score (nSPS) is 18.8. The number of rotatable bonds is 4. The molecule has 0 amide bonds. The minimum atomic E-state index is 0.415. The molecule has 7 heteroatoms. The molecule has 1 aliphatic heterocycles. The second-order valence-electron chi connectivity index (χ2n) is 6.38. The standard InChI is InChI=1S/C17H21N7/c1-22-10-15(20-13-22)11-23-5-2-3-14(9-23)16-7-19-8-17(21-16)24-6-4-18-12-24/h4,6-8,10,12-14H,2-3,5,9,11H2,1H3. The van der Waals surface area contributed by atoms with E-state index in [9.17, 15) is 0 Å². The SMILES string of the molecule is Cn1cnc(CN2CCCC(c3cncc(-n4ccnc4)n3)C2)c1. The molecular formula is C17H21N7. The minimum Gasteiger partial charge on any atom is -0.340 e. The van der Waals surface area contributed by atoms with Crippen LogP contribution < -0.4 is 0 Å². The molecule has 1 atom stereocenters. The van der Waals surface area contributed by atoms with Gasteiger partial charge in [-0.25, -0.2) is 15.0 Å². The van der Waals surface area contributed by atoms with Crippen molar-refractivity contribution >= 4 is 0 Å². The Balaban J connectivity index is 1.48. The zero-order valence-electron chi connectivity index (χ0n) is 13.8. The number of hydrogen-bond acceptors (Lipinski definition) is 5. The van der Waals surface area contributed by atoms with Gasteiger partial charge < -0.3 is 4.57 Å². The van der Waals surface area contributed by atoms with Crippen LogP contribution in [-0.2, 0) is 13.6 Å². The second kappa shape index (κ2) is 6.52. The fourth-order valence-corrected chi connectivity index (χ4v) is 3.30. The number of nitrogens with zero attached hydrogens (tertiary/aromatic N) is 7. The summed E-state index contributed by atoms with van der Waals surface area (Å²) < 4.78 is 3.89. The second-order valence-corrected chi connectivity index (χ2v) is 6.38. The van der Waals surface area contributed by atoms with E-state index in [-0.39, 0.29) is 0 Å². The number of imidazole rings is 2. The van der Waals surface area contributed by atoms with Gasteiger partial charge in [0.25, 0.3) is 0 Å². The van der Waals surface area contributed by atoms with E-state index in [4.69, 9.17) is 4.98 Å². The van der Waals surface area contributed by atoms with Gasteiger partial charge in [0.05, 0.1) is 23.9 Å². The summed E-state index contributed by atoms with van der Waals surface area (Å²) in [4.78, 5) is 20.2. The Kier molecular flexibility index (Phi) is 4.08. The minimum absolute atomic E-state index is 0.415. The van der Waals surface area contributed by atoms with Crippen LogP contribution in [0.3, 0.4) is 0 Å². The largest absolute Gasteiger partial charge is 0.340 e. The van der Waals surface area contributed by atoms with Crippen LogP contribution in [0.25, 0.3) is 5.82 Å². The Hall–Kier alpha value is -2.54. The first kappa shape index (κ1) is 15.0. The molecule has 0 aliphatic carbocycles. The summed E-state index contributed by atoms with van der Waals surface area (Å²) in [6, 6.07) is 0. The van der Waals surface area contributed by atoms with Crippen LogP contribution in [0.2, 0.25) is 0 Å². The van der Waals surface area contributed by atoms with Crippen molar-refractivity contribution in [3.05, 3.63) is 55.0 Å². The van der Waals surface area contributed by atoms with E-state index in [0.29, 0.717) is 5.92 Å². The van der Waals surface area contributed by atoms with Crippen LogP contribution >= 0.6 is 0 Å². The van der Waals surface area contributed by atoms with Crippen molar-refractivity contribution in [3.8, 4) is 5.82 Å². The van der Waals surface area contributed by atoms with Gasteiger partial charge in [-0.05, 0) is 19.4 Å². The highest BCUT2D eigenvalue weighted by molar-refractivity contribution is 5.21. The van der Waals surface area contributed by atoms with Gasteiger partial charge >= 0.3 is 0 Å². The summed E-state index contributed by atoms with van der Waals surface area (Å²) in [5, 5.41) is 0. The van der Waals surface area contributed by atoms with Gasteiger partial charge in [0.1, 0.15) is 6.33 Å².